The van der Waals surface area contributed by atoms with Gasteiger partial charge >= 0.3 is 0 Å². The van der Waals surface area contributed by atoms with E-state index in [9.17, 15) is 0 Å². The molecule has 2 aliphatic heterocycles. The van der Waals surface area contributed by atoms with E-state index in [1.807, 2.05) is 0 Å². The number of hydrogen-bond acceptors (Lipinski definition) is 3. The molecular weight excluding hydrogens is 930 g/mol. The van der Waals surface area contributed by atoms with Gasteiger partial charge in [0.2, 0.25) is 0 Å². The number of anilines is 9. The zero-order chi connectivity index (χ0) is 54.1. The lowest BCUT2D eigenvalue weighted by molar-refractivity contribution is 0.403. The number of rotatable bonds is 6. The Bertz CT molecular complexity index is 3680. The molecule has 3 aliphatic carbocycles. The fourth-order valence-electron chi connectivity index (χ4n) is 16.3. The second-order valence-electron chi connectivity index (χ2n) is 28.8. The van der Waals surface area contributed by atoms with Crippen molar-refractivity contribution in [3.05, 3.63) is 203 Å². The number of para-hydroxylation sites is 2. The first-order valence-electron chi connectivity index (χ1n) is 28.7. The van der Waals surface area contributed by atoms with Gasteiger partial charge in [-0.1, -0.05) is 195 Å². The smallest absolute Gasteiger partial charge is 0.252 e. The molecule has 0 atom stereocenters. The molecule has 0 saturated carbocycles. The highest BCUT2D eigenvalue weighted by atomic mass is 15.2. The monoisotopic (exact) mass is 1010 g/mol. The van der Waals surface area contributed by atoms with Crippen molar-refractivity contribution < 1.29 is 0 Å². The van der Waals surface area contributed by atoms with Crippen molar-refractivity contribution in [2.75, 3.05) is 14.7 Å². The van der Waals surface area contributed by atoms with Crippen LogP contribution in [0.15, 0.2) is 164 Å². The van der Waals surface area contributed by atoms with Crippen molar-refractivity contribution in [3.63, 3.8) is 0 Å². The minimum absolute atomic E-state index is 0.000435. The first-order chi connectivity index (χ1) is 36.3. The van der Waals surface area contributed by atoms with E-state index in [4.69, 9.17) is 0 Å². The van der Waals surface area contributed by atoms with Gasteiger partial charge in [0, 0.05) is 45.4 Å². The number of hydrogen-bond donors (Lipinski definition) is 0. The van der Waals surface area contributed by atoms with E-state index in [-0.39, 0.29) is 44.6 Å². The van der Waals surface area contributed by atoms with Crippen LogP contribution in [0, 0.1) is 0 Å². The predicted molar refractivity (Wildman–Crippen MR) is 331 cm³/mol. The molecule has 0 radical (unpaired) electrons. The standard InChI is InChI=1S/C73H78BN3/c1-67(2,3)47-31-34-61(52(35-47)46-25-19-16-20-26-46)77-63-42-58-56(71(10,11)45-73(58,14)15)40-60(63)74-59-39-55-57(72(12,13)44-70(55,8)9)41-62(59)76(50-32-33-53-54(36-50)69(6,7)43-68(53,4)5)64-37-51(38-65(77)66(64)74)75(48-27-21-17-22-28-48)49-29-23-18-24-30-49/h16-42H,43-45H2,1-15H3. The van der Waals surface area contributed by atoms with Crippen LogP contribution < -0.4 is 31.1 Å². The van der Waals surface area contributed by atoms with Crippen molar-refractivity contribution >= 4 is 74.3 Å². The van der Waals surface area contributed by atoms with Crippen LogP contribution in [0.5, 0.6) is 0 Å². The van der Waals surface area contributed by atoms with Crippen molar-refractivity contribution in [2.45, 2.75) is 161 Å². The van der Waals surface area contributed by atoms with Crippen LogP contribution in [0.4, 0.5) is 51.2 Å². The average Bonchev–Trinajstić information content (AvgIpc) is 4.02. The predicted octanol–water partition coefficient (Wildman–Crippen LogP) is 18.1. The molecule has 77 heavy (non-hydrogen) atoms. The first-order valence-corrected chi connectivity index (χ1v) is 28.7. The van der Waals surface area contributed by atoms with Crippen LogP contribution in [0.25, 0.3) is 11.1 Å². The third-order valence-electron chi connectivity index (χ3n) is 19.1. The summed E-state index contributed by atoms with van der Waals surface area (Å²) in [5, 5.41) is 0. The molecular formula is C73H78BN3. The van der Waals surface area contributed by atoms with Crippen LogP contribution in [-0.4, -0.2) is 6.71 Å². The molecule has 2 heterocycles. The molecule has 0 bridgehead atoms. The normalized spacial score (nSPS) is 19.0. The molecule has 0 N–H and O–H groups in total. The topological polar surface area (TPSA) is 9.72 Å². The lowest BCUT2D eigenvalue weighted by Gasteiger charge is -2.46. The summed E-state index contributed by atoms with van der Waals surface area (Å²) >= 11 is 0. The summed E-state index contributed by atoms with van der Waals surface area (Å²) in [6, 6.07) is 64.0. The molecule has 388 valence electrons. The zero-order valence-electron chi connectivity index (χ0n) is 48.6. The molecule has 0 unspecified atom stereocenters. The number of nitrogens with zero attached hydrogens (tertiary/aromatic N) is 3. The summed E-state index contributed by atoms with van der Waals surface area (Å²) in [5.74, 6) is 0. The van der Waals surface area contributed by atoms with Crippen LogP contribution in [0.2, 0.25) is 0 Å². The first kappa shape index (κ1) is 49.8. The fraction of sp³-hybridized carbons (Fsp3) is 0.342. The molecule has 0 fully saturated rings. The molecule has 8 aromatic carbocycles. The van der Waals surface area contributed by atoms with Crippen molar-refractivity contribution in [3.8, 4) is 11.1 Å². The van der Waals surface area contributed by atoms with Gasteiger partial charge in [-0.3, -0.25) is 0 Å². The van der Waals surface area contributed by atoms with Crippen molar-refractivity contribution in [2.24, 2.45) is 0 Å². The number of fused-ring (bicyclic) bond motifs is 7. The number of benzene rings is 8. The van der Waals surface area contributed by atoms with E-state index in [0.29, 0.717) is 0 Å². The van der Waals surface area contributed by atoms with Gasteiger partial charge in [0.25, 0.3) is 6.71 Å². The molecule has 4 heteroatoms. The Morgan fingerprint density at radius 3 is 1.30 bits per heavy atom. The molecule has 0 saturated heterocycles. The molecule has 13 rings (SSSR count). The van der Waals surface area contributed by atoms with Crippen LogP contribution >= 0.6 is 0 Å². The Morgan fingerprint density at radius 2 is 0.805 bits per heavy atom. The second-order valence-corrected chi connectivity index (χ2v) is 28.8. The lowest BCUT2D eigenvalue weighted by atomic mass is 9.33. The van der Waals surface area contributed by atoms with E-state index in [1.54, 1.807) is 0 Å². The Morgan fingerprint density at radius 1 is 0.377 bits per heavy atom. The maximum absolute atomic E-state index is 2.72. The van der Waals surface area contributed by atoms with Crippen LogP contribution in [-0.2, 0) is 37.9 Å². The highest BCUT2D eigenvalue weighted by Crippen LogP contribution is 2.58. The SMILES string of the molecule is CC(C)(C)c1ccc(N2c3cc4c(cc3B3c5cc6c(cc5N(c5ccc7c(c5)C(C)(C)CC7(C)C)c5cc(N(c7ccccc7)c7ccccc7)cc2c53)C(C)(C)CC6(C)C)C(C)(C)CC4(C)C)c(-c2ccccc2)c1. The lowest BCUT2D eigenvalue weighted by Crippen LogP contribution is -2.62. The largest absolute Gasteiger partial charge is 0.311 e. The maximum atomic E-state index is 2.72. The van der Waals surface area contributed by atoms with Gasteiger partial charge in [-0.2, -0.15) is 0 Å². The fourth-order valence-corrected chi connectivity index (χ4v) is 16.3. The molecule has 5 aliphatic rings. The summed E-state index contributed by atoms with van der Waals surface area (Å²) in [6.07, 6.45) is 3.31. The Balaban J connectivity index is 1.22. The Hall–Kier alpha value is -6.78. The van der Waals surface area contributed by atoms with Crippen LogP contribution in [0.3, 0.4) is 0 Å². The zero-order valence-corrected chi connectivity index (χ0v) is 48.6. The van der Waals surface area contributed by atoms with Crippen molar-refractivity contribution in [1.82, 2.24) is 0 Å². The Labute approximate surface area is 461 Å². The highest BCUT2D eigenvalue weighted by Gasteiger charge is 2.51. The summed E-state index contributed by atoms with van der Waals surface area (Å²) in [6.45, 7) is 36.7. The molecule has 8 aromatic rings. The average molecular weight is 1010 g/mol. The summed E-state index contributed by atoms with van der Waals surface area (Å²) in [7, 11) is 0. The van der Waals surface area contributed by atoms with Gasteiger partial charge in [0.1, 0.15) is 0 Å². The molecule has 0 amide bonds. The molecule has 0 spiro atoms. The van der Waals surface area contributed by atoms with Crippen LogP contribution in [0.1, 0.15) is 162 Å². The van der Waals surface area contributed by atoms with E-state index in [0.717, 1.165) is 36.3 Å². The molecule has 0 aromatic heterocycles. The minimum atomic E-state index is -0.0548. The third kappa shape index (κ3) is 7.57. The van der Waals surface area contributed by atoms with Gasteiger partial charge in [0.05, 0.1) is 11.4 Å². The Kier molecular flexibility index (Phi) is 10.6. The maximum Gasteiger partial charge on any atom is 0.252 e. The summed E-state index contributed by atoms with van der Waals surface area (Å²) < 4.78 is 0. The van der Waals surface area contributed by atoms with Crippen molar-refractivity contribution in [1.29, 1.82) is 0 Å². The minimum Gasteiger partial charge on any atom is -0.311 e. The summed E-state index contributed by atoms with van der Waals surface area (Å²) in [5.41, 5.74) is 27.7. The molecule has 3 nitrogen and oxygen atoms in total. The van der Waals surface area contributed by atoms with Gasteiger partial charge in [0.15, 0.2) is 0 Å². The van der Waals surface area contributed by atoms with Gasteiger partial charge in [-0.05, 0) is 191 Å². The highest BCUT2D eigenvalue weighted by molar-refractivity contribution is 7.00. The van der Waals surface area contributed by atoms with E-state index in [2.05, 4.69) is 282 Å². The van der Waals surface area contributed by atoms with E-state index >= 15 is 0 Å². The second kappa shape index (κ2) is 16.4. The van der Waals surface area contributed by atoms with E-state index < -0.39 is 0 Å². The van der Waals surface area contributed by atoms with Gasteiger partial charge in [-0.15, -0.1) is 0 Å². The quantitative estimate of drug-likeness (QED) is 0.154. The van der Waals surface area contributed by atoms with Gasteiger partial charge < -0.3 is 14.7 Å². The summed E-state index contributed by atoms with van der Waals surface area (Å²) in [4.78, 5) is 7.93. The van der Waals surface area contributed by atoms with E-state index in [1.165, 1.54) is 101 Å². The van der Waals surface area contributed by atoms with Gasteiger partial charge in [-0.25, -0.2) is 0 Å². The third-order valence-corrected chi connectivity index (χ3v) is 19.1.